The number of nitrogens with zero attached hydrogens (tertiary/aromatic N) is 2. The van der Waals surface area contributed by atoms with Crippen LogP contribution in [0.2, 0.25) is 0 Å². The lowest BCUT2D eigenvalue weighted by Crippen LogP contribution is -2.52. The summed E-state index contributed by atoms with van der Waals surface area (Å²) in [7, 11) is 0. The fourth-order valence-electron chi connectivity index (χ4n) is 3.54. The third kappa shape index (κ3) is 4.74. The Morgan fingerprint density at radius 2 is 1.88 bits per heavy atom. The minimum absolute atomic E-state index is 0. The van der Waals surface area contributed by atoms with Gasteiger partial charge in [-0.3, -0.25) is 9.59 Å². The second kappa shape index (κ2) is 9.01. The van der Waals surface area contributed by atoms with Gasteiger partial charge in [0.2, 0.25) is 5.91 Å². The molecule has 2 aliphatic heterocycles. The quantitative estimate of drug-likeness (QED) is 0.784. The Morgan fingerprint density at radius 3 is 2.56 bits per heavy atom. The van der Waals surface area contributed by atoms with Crippen molar-refractivity contribution in [2.75, 3.05) is 39.3 Å². The third-order valence-corrected chi connectivity index (χ3v) is 5.40. The Hall–Kier alpha value is -1.11. The van der Waals surface area contributed by atoms with E-state index in [4.69, 9.17) is 0 Å². The zero-order chi connectivity index (χ0) is 17.1. The summed E-state index contributed by atoms with van der Waals surface area (Å²) >= 11 is 3.43. The van der Waals surface area contributed by atoms with Gasteiger partial charge >= 0.3 is 0 Å². The lowest BCUT2D eigenvalue weighted by molar-refractivity contribution is -0.137. The Labute approximate surface area is 163 Å². The molecule has 0 saturated carbocycles. The molecule has 2 saturated heterocycles. The second-order valence-corrected chi connectivity index (χ2v) is 7.54. The van der Waals surface area contributed by atoms with E-state index < -0.39 is 0 Å². The van der Waals surface area contributed by atoms with Gasteiger partial charge in [-0.2, -0.15) is 0 Å². The van der Waals surface area contributed by atoms with Crippen molar-refractivity contribution in [2.45, 2.75) is 19.8 Å². The molecule has 1 N–H and O–H groups in total. The molecule has 2 amide bonds. The van der Waals surface area contributed by atoms with Gasteiger partial charge in [-0.15, -0.1) is 12.4 Å². The number of halogens is 2. The van der Waals surface area contributed by atoms with Crippen molar-refractivity contribution in [2.24, 2.45) is 5.92 Å². The number of hydrogen-bond donors (Lipinski definition) is 1. The second-order valence-electron chi connectivity index (χ2n) is 6.62. The largest absolute Gasteiger partial charge is 0.340 e. The standard InChI is InChI=1S/C18H24BrN3O2.ClH/c1-13-11-15(19)4-5-16(13)18(24)22-8-2-3-14(12-22)17(23)21-9-6-20-7-10-21;/h4-5,11,14,20H,2-3,6-10,12H2,1H3;1H. The number of nitrogens with one attached hydrogen (secondary N) is 1. The van der Waals surface area contributed by atoms with E-state index in [1.54, 1.807) is 0 Å². The van der Waals surface area contributed by atoms with Gasteiger partial charge in [0.1, 0.15) is 0 Å². The molecule has 3 rings (SSSR count). The lowest BCUT2D eigenvalue weighted by atomic mass is 9.95. The first-order valence-corrected chi connectivity index (χ1v) is 9.40. The highest BCUT2D eigenvalue weighted by molar-refractivity contribution is 9.10. The molecule has 2 heterocycles. The van der Waals surface area contributed by atoms with Gasteiger partial charge < -0.3 is 15.1 Å². The number of benzene rings is 1. The molecule has 1 atom stereocenters. The van der Waals surface area contributed by atoms with Crippen molar-refractivity contribution in [3.63, 3.8) is 0 Å². The van der Waals surface area contributed by atoms with E-state index in [2.05, 4.69) is 21.2 Å². The van der Waals surface area contributed by atoms with Gasteiger partial charge in [-0.25, -0.2) is 0 Å². The van der Waals surface area contributed by atoms with Gasteiger partial charge in [0.05, 0.1) is 5.92 Å². The number of piperazine rings is 1. The minimum atomic E-state index is -0.0587. The fraction of sp³-hybridized carbons (Fsp3) is 0.556. The summed E-state index contributed by atoms with van der Waals surface area (Å²) in [6, 6.07) is 5.72. The van der Waals surface area contributed by atoms with E-state index >= 15 is 0 Å². The number of amides is 2. The highest BCUT2D eigenvalue weighted by Gasteiger charge is 2.32. The summed E-state index contributed by atoms with van der Waals surface area (Å²) in [5, 5.41) is 3.27. The number of likely N-dealkylation sites (tertiary alicyclic amines) is 1. The molecule has 2 aliphatic rings. The topological polar surface area (TPSA) is 52.7 Å². The van der Waals surface area contributed by atoms with Crippen LogP contribution < -0.4 is 5.32 Å². The number of aryl methyl sites for hydroxylation is 1. The zero-order valence-corrected chi connectivity index (χ0v) is 16.9. The first-order chi connectivity index (χ1) is 11.6. The molecular formula is C18H25BrClN3O2. The Kier molecular flexibility index (Phi) is 7.28. The van der Waals surface area contributed by atoms with Crippen LogP contribution in [0.4, 0.5) is 0 Å². The molecule has 1 unspecified atom stereocenters. The SMILES string of the molecule is Cc1cc(Br)ccc1C(=O)N1CCCC(C(=O)N2CCNCC2)C1.Cl. The maximum Gasteiger partial charge on any atom is 0.254 e. The average Bonchev–Trinajstić information content (AvgIpc) is 2.61. The van der Waals surface area contributed by atoms with Gasteiger partial charge in [0.15, 0.2) is 0 Å². The lowest BCUT2D eigenvalue weighted by Gasteiger charge is -2.36. The molecule has 7 heteroatoms. The summed E-state index contributed by atoms with van der Waals surface area (Å²) in [6.45, 7) is 6.49. The van der Waals surface area contributed by atoms with Crippen molar-refractivity contribution in [3.05, 3.63) is 33.8 Å². The highest BCUT2D eigenvalue weighted by Crippen LogP contribution is 2.23. The molecule has 1 aromatic rings. The van der Waals surface area contributed by atoms with Crippen LogP contribution in [0.25, 0.3) is 0 Å². The van der Waals surface area contributed by atoms with Crippen molar-refractivity contribution >= 4 is 40.2 Å². The molecule has 0 spiro atoms. The van der Waals surface area contributed by atoms with Crippen LogP contribution in [-0.2, 0) is 4.79 Å². The highest BCUT2D eigenvalue weighted by atomic mass is 79.9. The molecule has 138 valence electrons. The number of carbonyl (C=O) groups is 2. The summed E-state index contributed by atoms with van der Waals surface area (Å²) in [5.41, 5.74) is 1.69. The Morgan fingerprint density at radius 1 is 1.16 bits per heavy atom. The van der Waals surface area contributed by atoms with Gasteiger partial charge in [-0.1, -0.05) is 15.9 Å². The van der Waals surface area contributed by atoms with Crippen LogP contribution in [0.5, 0.6) is 0 Å². The zero-order valence-electron chi connectivity index (χ0n) is 14.5. The van der Waals surface area contributed by atoms with Crippen LogP contribution in [0.15, 0.2) is 22.7 Å². The monoisotopic (exact) mass is 429 g/mol. The number of hydrogen-bond acceptors (Lipinski definition) is 3. The summed E-state index contributed by atoms with van der Waals surface area (Å²) in [4.78, 5) is 29.4. The van der Waals surface area contributed by atoms with Crippen molar-refractivity contribution in [3.8, 4) is 0 Å². The molecule has 0 radical (unpaired) electrons. The van der Waals surface area contributed by atoms with Crippen LogP contribution in [0.3, 0.4) is 0 Å². The maximum atomic E-state index is 12.9. The van der Waals surface area contributed by atoms with Crippen molar-refractivity contribution in [1.29, 1.82) is 0 Å². The predicted molar refractivity (Wildman–Crippen MR) is 104 cm³/mol. The first kappa shape index (κ1) is 20.2. The van der Waals surface area contributed by atoms with Crippen LogP contribution in [-0.4, -0.2) is 60.9 Å². The summed E-state index contributed by atoms with van der Waals surface area (Å²) in [5.74, 6) is 0.191. The van der Waals surface area contributed by atoms with Crippen molar-refractivity contribution < 1.29 is 9.59 Å². The summed E-state index contributed by atoms with van der Waals surface area (Å²) in [6.07, 6.45) is 1.77. The molecule has 25 heavy (non-hydrogen) atoms. The van der Waals surface area contributed by atoms with Crippen LogP contribution in [0.1, 0.15) is 28.8 Å². The Balaban J connectivity index is 0.00000225. The first-order valence-electron chi connectivity index (χ1n) is 8.61. The van der Waals surface area contributed by atoms with E-state index in [0.29, 0.717) is 6.54 Å². The van der Waals surface area contributed by atoms with E-state index in [0.717, 1.165) is 61.2 Å². The fourth-order valence-corrected chi connectivity index (χ4v) is 4.02. The van der Waals surface area contributed by atoms with Gasteiger partial charge in [-0.05, 0) is 43.5 Å². The van der Waals surface area contributed by atoms with Gasteiger partial charge in [0, 0.05) is 49.3 Å². The normalized spacial score (nSPS) is 20.8. The molecule has 5 nitrogen and oxygen atoms in total. The third-order valence-electron chi connectivity index (χ3n) is 4.91. The number of piperidine rings is 1. The molecular weight excluding hydrogens is 406 g/mol. The molecule has 0 bridgehead atoms. The molecule has 1 aromatic carbocycles. The van der Waals surface area contributed by atoms with Crippen molar-refractivity contribution in [1.82, 2.24) is 15.1 Å². The molecule has 2 fully saturated rings. The number of carbonyl (C=O) groups excluding carboxylic acids is 2. The minimum Gasteiger partial charge on any atom is -0.340 e. The Bertz CT molecular complexity index is 635. The van der Waals surface area contributed by atoms with E-state index in [1.165, 1.54) is 0 Å². The van der Waals surface area contributed by atoms with E-state index in [-0.39, 0.29) is 30.1 Å². The van der Waals surface area contributed by atoms with Crippen LogP contribution >= 0.6 is 28.3 Å². The van der Waals surface area contributed by atoms with Crippen LogP contribution in [0, 0.1) is 12.8 Å². The smallest absolute Gasteiger partial charge is 0.254 e. The van der Waals surface area contributed by atoms with E-state index in [9.17, 15) is 9.59 Å². The number of rotatable bonds is 2. The predicted octanol–water partition coefficient (Wildman–Crippen LogP) is 2.46. The average molecular weight is 431 g/mol. The maximum absolute atomic E-state index is 12.9. The molecule has 0 aromatic heterocycles. The van der Waals surface area contributed by atoms with E-state index in [1.807, 2.05) is 34.9 Å². The van der Waals surface area contributed by atoms with Gasteiger partial charge in [0.25, 0.3) is 5.91 Å². The molecule has 0 aliphatic carbocycles. The summed E-state index contributed by atoms with van der Waals surface area (Å²) < 4.78 is 0.974.